The van der Waals surface area contributed by atoms with Crippen LogP contribution in [0.4, 0.5) is 5.69 Å². The Morgan fingerprint density at radius 1 is 1.39 bits per heavy atom. The highest BCUT2D eigenvalue weighted by atomic mass is 16.2. The average Bonchev–Trinajstić information content (AvgIpc) is 2.81. The van der Waals surface area contributed by atoms with Crippen molar-refractivity contribution in [1.82, 2.24) is 20.4 Å². The number of piperidine rings is 1. The number of rotatable bonds is 3. The molecule has 0 radical (unpaired) electrons. The molecular weight excluding hydrogens is 290 g/mol. The Kier molecular flexibility index (Phi) is 2.97. The highest BCUT2D eigenvalue weighted by Gasteiger charge is 2.57. The van der Waals surface area contributed by atoms with Gasteiger partial charge >= 0.3 is 0 Å². The molecule has 2 aromatic rings. The van der Waals surface area contributed by atoms with E-state index in [2.05, 4.69) is 15.7 Å². The van der Waals surface area contributed by atoms with Crippen LogP contribution >= 0.6 is 0 Å². The highest BCUT2D eigenvalue weighted by molar-refractivity contribution is 5.94. The second-order valence-corrected chi connectivity index (χ2v) is 7.34. The van der Waals surface area contributed by atoms with Gasteiger partial charge in [0.1, 0.15) is 0 Å². The van der Waals surface area contributed by atoms with Crippen LogP contribution in [-0.2, 0) is 17.4 Å². The zero-order valence-corrected chi connectivity index (χ0v) is 13.8. The van der Waals surface area contributed by atoms with Gasteiger partial charge in [0.25, 0.3) is 0 Å². The van der Waals surface area contributed by atoms with E-state index >= 15 is 0 Å². The molecule has 1 saturated heterocycles. The summed E-state index contributed by atoms with van der Waals surface area (Å²) < 4.78 is 1.82. The minimum absolute atomic E-state index is 0.139. The number of aromatic nitrogens is 2. The lowest BCUT2D eigenvalue weighted by molar-refractivity contribution is -0.124. The van der Waals surface area contributed by atoms with Crippen molar-refractivity contribution in [1.29, 1.82) is 0 Å². The summed E-state index contributed by atoms with van der Waals surface area (Å²) in [7, 11) is 1.90. The molecule has 122 valence electrons. The van der Waals surface area contributed by atoms with E-state index < -0.39 is 5.54 Å². The first-order chi connectivity index (χ1) is 10.9. The van der Waals surface area contributed by atoms with E-state index in [1.54, 1.807) is 0 Å². The zero-order chi connectivity index (χ0) is 16.4. The van der Waals surface area contributed by atoms with Crippen molar-refractivity contribution in [2.45, 2.75) is 19.4 Å². The van der Waals surface area contributed by atoms with Gasteiger partial charge in [-0.05, 0) is 50.9 Å². The summed E-state index contributed by atoms with van der Waals surface area (Å²) in [5.41, 5.74) is 8.11. The van der Waals surface area contributed by atoms with Crippen molar-refractivity contribution >= 4 is 22.5 Å². The Balaban J connectivity index is 1.65. The molecule has 2 fully saturated rings. The fraction of sp³-hybridized carbons (Fsp3) is 0.529. The van der Waals surface area contributed by atoms with Crippen molar-refractivity contribution in [2.75, 3.05) is 18.8 Å². The van der Waals surface area contributed by atoms with Crippen LogP contribution in [0.2, 0.25) is 0 Å². The molecule has 6 nitrogen and oxygen atoms in total. The third kappa shape index (κ3) is 2.12. The number of aryl methyl sites for hydroxylation is 1. The number of fused-ring (bicyclic) bond motifs is 2. The number of hydrogen-bond donors (Lipinski definition) is 3. The molecule has 1 aliphatic heterocycles. The van der Waals surface area contributed by atoms with Gasteiger partial charge in [0.2, 0.25) is 5.91 Å². The smallest absolute Gasteiger partial charge is 0.224 e. The summed E-state index contributed by atoms with van der Waals surface area (Å²) in [6.07, 6.45) is 0. The van der Waals surface area contributed by atoms with Gasteiger partial charge < -0.3 is 16.4 Å². The van der Waals surface area contributed by atoms with Crippen molar-refractivity contribution in [3.63, 3.8) is 0 Å². The van der Waals surface area contributed by atoms with Crippen LogP contribution in [0.3, 0.4) is 0 Å². The first-order valence-electron chi connectivity index (χ1n) is 8.14. The maximum Gasteiger partial charge on any atom is 0.224 e. The Bertz CT molecular complexity index is 784. The quantitative estimate of drug-likeness (QED) is 0.737. The summed E-state index contributed by atoms with van der Waals surface area (Å²) in [6, 6.07) is 5.80. The molecule has 1 aromatic carbocycles. The lowest BCUT2D eigenvalue weighted by atomic mass is 9.96. The molecule has 0 bridgehead atoms. The molecule has 3 atom stereocenters. The molecular formula is C17H23N5O. The topological polar surface area (TPSA) is 85.0 Å². The Morgan fingerprint density at radius 2 is 2.09 bits per heavy atom. The van der Waals surface area contributed by atoms with Gasteiger partial charge in [-0.1, -0.05) is 6.07 Å². The standard InChI is InChI=1S/C17H23N5O/c1-17(2,20-16(23)13-9-7-19-8-10(9)13)15-14-11(18)5-4-6-12(14)22(3)21-15/h4-6,9-10,13,19H,7-8,18H2,1-3H3,(H,20,23)/t9-,10+,13+. The van der Waals surface area contributed by atoms with Crippen LogP contribution in [0.1, 0.15) is 19.5 Å². The molecule has 6 heteroatoms. The fourth-order valence-corrected chi connectivity index (χ4v) is 4.03. The van der Waals surface area contributed by atoms with E-state index in [-0.39, 0.29) is 11.8 Å². The molecule has 1 saturated carbocycles. The largest absolute Gasteiger partial charge is 0.398 e. The number of carbonyl (C=O) groups excluding carboxylic acids is 1. The number of nitrogen functional groups attached to an aromatic ring is 1. The van der Waals surface area contributed by atoms with Crippen LogP contribution in [0.15, 0.2) is 18.2 Å². The monoisotopic (exact) mass is 313 g/mol. The minimum Gasteiger partial charge on any atom is -0.398 e. The Hall–Kier alpha value is -2.08. The summed E-state index contributed by atoms with van der Waals surface area (Å²) in [4.78, 5) is 12.6. The first-order valence-corrected chi connectivity index (χ1v) is 8.14. The first kappa shape index (κ1) is 14.5. The van der Waals surface area contributed by atoms with Crippen LogP contribution in [0.5, 0.6) is 0 Å². The lowest BCUT2D eigenvalue weighted by Gasteiger charge is -2.25. The van der Waals surface area contributed by atoms with Crippen LogP contribution in [0.25, 0.3) is 10.9 Å². The second kappa shape index (κ2) is 4.71. The van der Waals surface area contributed by atoms with E-state index in [9.17, 15) is 4.79 Å². The molecule has 4 N–H and O–H groups in total. The number of nitrogens with two attached hydrogens (primary N) is 1. The van der Waals surface area contributed by atoms with E-state index in [0.717, 1.165) is 29.7 Å². The number of amides is 1. The summed E-state index contributed by atoms with van der Waals surface area (Å²) >= 11 is 0. The molecule has 1 aliphatic carbocycles. The summed E-state index contributed by atoms with van der Waals surface area (Å²) in [5.74, 6) is 1.32. The van der Waals surface area contributed by atoms with Gasteiger partial charge in [-0.2, -0.15) is 5.10 Å². The van der Waals surface area contributed by atoms with Gasteiger partial charge in [-0.25, -0.2) is 0 Å². The van der Waals surface area contributed by atoms with Gasteiger partial charge in [0, 0.05) is 24.0 Å². The minimum atomic E-state index is -0.559. The van der Waals surface area contributed by atoms with Gasteiger partial charge in [-0.3, -0.25) is 9.48 Å². The van der Waals surface area contributed by atoms with Crippen LogP contribution < -0.4 is 16.4 Å². The third-order valence-corrected chi connectivity index (χ3v) is 5.33. The van der Waals surface area contributed by atoms with E-state index in [4.69, 9.17) is 5.73 Å². The highest BCUT2D eigenvalue weighted by Crippen LogP contribution is 2.49. The molecule has 1 aromatic heterocycles. The Labute approximate surface area is 135 Å². The van der Waals surface area contributed by atoms with Crippen LogP contribution in [-0.4, -0.2) is 28.8 Å². The number of nitrogens with zero attached hydrogens (tertiary/aromatic N) is 2. The second-order valence-electron chi connectivity index (χ2n) is 7.34. The third-order valence-electron chi connectivity index (χ3n) is 5.33. The van der Waals surface area contributed by atoms with E-state index in [1.807, 2.05) is 43.8 Å². The molecule has 0 unspecified atom stereocenters. The number of hydrogen-bond acceptors (Lipinski definition) is 4. The van der Waals surface area contributed by atoms with Crippen LogP contribution in [0, 0.1) is 17.8 Å². The predicted octanol–water partition coefficient (Wildman–Crippen LogP) is 0.972. The molecule has 2 heterocycles. The van der Waals surface area contributed by atoms with Crippen molar-refractivity contribution in [2.24, 2.45) is 24.8 Å². The number of carbonyl (C=O) groups is 1. The van der Waals surface area contributed by atoms with E-state index in [1.165, 1.54) is 0 Å². The average molecular weight is 313 g/mol. The molecule has 1 amide bonds. The van der Waals surface area contributed by atoms with Gasteiger partial charge in [0.15, 0.2) is 0 Å². The summed E-state index contributed by atoms with van der Waals surface area (Å²) in [5, 5.41) is 12.1. The maximum absolute atomic E-state index is 12.6. The lowest BCUT2D eigenvalue weighted by Crippen LogP contribution is -2.43. The molecule has 0 spiro atoms. The van der Waals surface area contributed by atoms with E-state index in [0.29, 0.717) is 17.5 Å². The molecule has 2 aliphatic rings. The number of anilines is 1. The Morgan fingerprint density at radius 3 is 2.78 bits per heavy atom. The number of nitrogens with one attached hydrogen (secondary N) is 2. The molecule has 23 heavy (non-hydrogen) atoms. The normalized spacial score (nSPS) is 26.3. The van der Waals surface area contributed by atoms with Gasteiger partial charge in [-0.15, -0.1) is 0 Å². The fourth-order valence-electron chi connectivity index (χ4n) is 4.03. The predicted molar refractivity (Wildman–Crippen MR) is 89.6 cm³/mol. The van der Waals surface area contributed by atoms with Crippen molar-refractivity contribution in [3.8, 4) is 0 Å². The maximum atomic E-state index is 12.6. The van der Waals surface area contributed by atoms with Gasteiger partial charge in [0.05, 0.1) is 16.7 Å². The zero-order valence-electron chi connectivity index (χ0n) is 13.8. The molecule has 4 rings (SSSR count). The van der Waals surface area contributed by atoms with Crippen molar-refractivity contribution in [3.05, 3.63) is 23.9 Å². The SMILES string of the molecule is Cn1nc(C(C)(C)NC(=O)[C@H]2[C@@H]3CNC[C@@H]32)c2c(N)cccc21. The summed E-state index contributed by atoms with van der Waals surface area (Å²) in [6.45, 7) is 5.91. The van der Waals surface area contributed by atoms with Crippen molar-refractivity contribution < 1.29 is 4.79 Å². The number of benzene rings is 1.